The van der Waals surface area contributed by atoms with E-state index in [9.17, 15) is 4.39 Å². The van der Waals surface area contributed by atoms with Crippen molar-refractivity contribution < 1.29 is 9.60 Å². The highest BCUT2D eigenvalue weighted by Crippen LogP contribution is 2.11. The molecule has 0 saturated heterocycles. The molecule has 0 saturated carbocycles. The van der Waals surface area contributed by atoms with E-state index in [4.69, 9.17) is 5.21 Å². The molecule has 0 bridgehead atoms. The first kappa shape index (κ1) is 8.17. The molecular weight excluding hydrogens is 145 g/mol. The normalized spacial score (nSPS) is 13.0. The molecule has 1 unspecified atom stereocenters. The minimum Gasteiger partial charge on any atom is -0.316 e. The van der Waals surface area contributed by atoms with Crippen LogP contribution in [0.4, 0.5) is 4.39 Å². The van der Waals surface area contributed by atoms with E-state index in [1.807, 2.05) is 5.48 Å². The number of hydrogen-bond acceptors (Lipinski definition) is 2. The highest BCUT2D eigenvalue weighted by atomic mass is 19.1. The van der Waals surface area contributed by atoms with Gasteiger partial charge in [0.15, 0.2) is 0 Å². The number of rotatable bonds is 2. The second-order valence-electron chi connectivity index (χ2n) is 2.41. The lowest BCUT2D eigenvalue weighted by Crippen LogP contribution is -2.12. The number of hydrogen-bond donors (Lipinski definition) is 2. The van der Waals surface area contributed by atoms with Crippen LogP contribution in [-0.2, 0) is 0 Å². The molecular formula is C8H10FNO. The molecule has 3 heteroatoms. The third kappa shape index (κ3) is 2.00. The Morgan fingerprint density at radius 3 is 2.82 bits per heavy atom. The molecule has 1 aromatic carbocycles. The fourth-order valence-electron chi connectivity index (χ4n) is 0.850. The minimum atomic E-state index is -0.287. The molecule has 1 aromatic rings. The average molecular weight is 155 g/mol. The molecule has 2 N–H and O–H groups in total. The molecule has 0 aliphatic carbocycles. The highest BCUT2D eigenvalue weighted by Gasteiger charge is 2.02. The number of benzene rings is 1. The Bertz CT molecular complexity index is 239. The Morgan fingerprint density at radius 1 is 1.55 bits per heavy atom. The van der Waals surface area contributed by atoms with Crippen LogP contribution in [0, 0.1) is 5.82 Å². The largest absolute Gasteiger partial charge is 0.316 e. The Hall–Kier alpha value is -0.930. The summed E-state index contributed by atoms with van der Waals surface area (Å²) in [7, 11) is 0. The number of hydroxylamine groups is 1. The molecule has 1 rings (SSSR count). The summed E-state index contributed by atoms with van der Waals surface area (Å²) in [4.78, 5) is 0. The Balaban J connectivity index is 2.86. The van der Waals surface area contributed by atoms with Crippen LogP contribution in [-0.4, -0.2) is 5.21 Å². The third-order valence-corrected chi connectivity index (χ3v) is 1.54. The summed E-state index contributed by atoms with van der Waals surface area (Å²) in [5, 5.41) is 8.51. The van der Waals surface area contributed by atoms with Crippen molar-refractivity contribution in [3.8, 4) is 0 Å². The van der Waals surface area contributed by atoms with Crippen LogP contribution >= 0.6 is 0 Å². The lowest BCUT2D eigenvalue weighted by Gasteiger charge is -2.08. The van der Waals surface area contributed by atoms with Crippen LogP contribution in [0.25, 0.3) is 0 Å². The summed E-state index contributed by atoms with van der Waals surface area (Å²) in [6.07, 6.45) is 0. The van der Waals surface area contributed by atoms with Gasteiger partial charge in [0.25, 0.3) is 0 Å². The van der Waals surface area contributed by atoms with Crippen molar-refractivity contribution in [2.45, 2.75) is 13.0 Å². The Kier molecular flexibility index (Phi) is 2.57. The molecule has 0 amide bonds. The summed E-state index contributed by atoms with van der Waals surface area (Å²) in [6.45, 7) is 1.74. The average Bonchev–Trinajstić information content (AvgIpc) is 2.03. The van der Waals surface area contributed by atoms with Gasteiger partial charge in [-0.15, -0.1) is 0 Å². The van der Waals surface area contributed by atoms with Gasteiger partial charge in [0.2, 0.25) is 0 Å². The summed E-state index contributed by atoms with van der Waals surface area (Å²) >= 11 is 0. The summed E-state index contributed by atoms with van der Waals surface area (Å²) in [5.74, 6) is -0.287. The van der Waals surface area contributed by atoms with Gasteiger partial charge >= 0.3 is 0 Å². The zero-order valence-electron chi connectivity index (χ0n) is 6.21. The van der Waals surface area contributed by atoms with Gasteiger partial charge in [0, 0.05) is 0 Å². The Morgan fingerprint density at radius 2 is 2.27 bits per heavy atom. The zero-order chi connectivity index (χ0) is 8.27. The van der Waals surface area contributed by atoms with Gasteiger partial charge in [-0.25, -0.2) is 4.39 Å². The van der Waals surface area contributed by atoms with Gasteiger partial charge in [-0.1, -0.05) is 12.1 Å². The second kappa shape index (κ2) is 3.46. The predicted molar refractivity (Wildman–Crippen MR) is 39.7 cm³/mol. The maximum Gasteiger partial charge on any atom is 0.123 e. The first-order valence-corrected chi connectivity index (χ1v) is 3.39. The van der Waals surface area contributed by atoms with Crippen LogP contribution in [0.15, 0.2) is 24.3 Å². The quantitative estimate of drug-likeness (QED) is 0.639. The van der Waals surface area contributed by atoms with E-state index in [2.05, 4.69) is 0 Å². The van der Waals surface area contributed by atoms with E-state index in [0.29, 0.717) is 0 Å². The van der Waals surface area contributed by atoms with Crippen LogP contribution in [0.3, 0.4) is 0 Å². The van der Waals surface area contributed by atoms with Crippen LogP contribution in [0.2, 0.25) is 0 Å². The van der Waals surface area contributed by atoms with E-state index in [0.717, 1.165) is 5.56 Å². The van der Waals surface area contributed by atoms with Gasteiger partial charge in [-0.2, -0.15) is 5.48 Å². The molecule has 0 aromatic heterocycles. The van der Waals surface area contributed by atoms with Gasteiger partial charge in [0.05, 0.1) is 6.04 Å². The molecule has 0 aliphatic rings. The fourth-order valence-corrected chi connectivity index (χ4v) is 0.850. The topological polar surface area (TPSA) is 32.3 Å². The fraction of sp³-hybridized carbons (Fsp3) is 0.250. The maximum atomic E-state index is 12.6. The summed E-state index contributed by atoms with van der Waals surface area (Å²) < 4.78 is 12.6. The second-order valence-corrected chi connectivity index (χ2v) is 2.41. The maximum absolute atomic E-state index is 12.6. The van der Waals surface area contributed by atoms with Crippen molar-refractivity contribution >= 4 is 0 Å². The van der Waals surface area contributed by atoms with E-state index >= 15 is 0 Å². The summed E-state index contributed by atoms with van der Waals surface area (Å²) in [5.41, 5.74) is 2.77. The predicted octanol–water partition coefficient (Wildman–Crippen LogP) is 1.87. The Labute approximate surface area is 64.6 Å². The molecule has 2 nitrogen and oxygen atoms in total. The van der Waals surface area contributed by atoms with E-state index in [-0.39, 0.29) is 11.9 Å². The number of nitrogens with one attached hydrogen (secondary N) is 1. The van der Waals surface area contributed by atoms with Gasteiger partial charge in [-0.05, 0) is 24.6 Å². The smallest absolute Gasteiger partial charge is 0.123 e. The van der Waals surface area contributed by atoms with Crippen molar-refractivity contribution in [2.24, 2.45) is 0 Å². The van der Waals surface area contributed by atoms with E-state index in [1.165, 1.54) is 12.1 Å². The monoisotopic (exact) mass is 155 g/mol. The summed E-state index contributed by atoms with van der Waals surface area (Å²) in [6, 6.07) is 5.88. The first-order valence-electron chi connectivity index (χ1n) is 3.39. The van der Waals surface area contributed by atoms with Gasteiger partial charge in [0.1, 0.15) is 5.82 Å². The SMILES string of the molecule is CC(NO)c1cccc(F)c1. The van der Waals surface area contributed by atoms with Crippen LogP contribution < -0.4 is 5.48 Å². The van der Waals surface area contributed by atoms with Crippen LogP contribution in [0.1, 0.15) is 18.5 Å². The zero-order valence-corrected chi connectivity index (χ0v) is 6.21. The van der Waals surface area contributed by atoms with Crippen molar-refractivity contribution in [3.63, 3.8) is 0 Å². The number of halogens is 1. The lowest BCUT2D eigenvalue weighted by atomic mass is 10.1. The van der Waals surface area contributed by atoms with Gasteiger partial charge < -0.3 is 5.21 Å². The van der Waals surface area contributed by atoms with Crippen molar-refractivity contribution in [1.29, 1.82) is 0 Å². The molecule has 0 heterocycles. The first-order chi connectivity index (χ1) is 5.24. The standard InChI is InChI=1S/C8H10FNO/c1-6(10-11)7-3-2-4-8(9)5-7/h2-6,10-11H,1H3. The molecule has 0 aliphatic heterocycles. The van der Waals surface area contributed by atoms with Gasteiger partial charge in [-0.3, -0.25) is 0 Å². The van der Waals surface area contributed by atoms with E-state index in [1.54, 1.807) is 19.1 Å². The third-order valence-electron chi connectivity index (χ3n) is 1.54. The van der Waals surface area contributed by atoms with Crippen molar-refractivity contribution in [2.75, 3.05) is 0 Å². The minimum absolute atomic E-state index is 0.231. The van der Waals surface area contributed by atoms with Crippen LogP contribution in [0.5, 0.6) is 0 Å². The van der Waals surface area contributed by atoms with Crippen molar-refractivity contribution in [1.82, 2.24) is 5.48 Å². The van der Waals surface area contributed by atoms with E-state index < -0.39 is 0 Å². The lowest BCUT2D eigenvalue weighted by molar-refractivity contribution is 0.133. The molecule has 0 spiro atoms. The highest BCUT2D eigenvalue weighted by molar-refractivity contribution is 5.18. The molecule has 11 heavy (non-hydrogen) atoms. The molecule has 0 radical (unpaired) electrons. The molecule has 60 valence electrons. The molecule has 0 fully saturated rings. The molecule has 1 atom stereocenters. The van der Waals surface area contributed by atoms with Crippen molar-refractivity contribution in [3.05, 3.63) is 35.6 Å².